The number of aliphatic hydroxyl groups is 1. The van der Waals surface area contributed by atoms with Crippen LogP contribution in [0, 0.1) is 29.1 Å². The molecular formula is C45H59N7O2. The first kappa shape index (κ1) is 35.8. The van der Waals surface area contributed by atoms with Gasteiger partial charge in [-0.1, -0.05) is 36.5 Å². The predicted octanol–water partition coefficient (Wildman–Crippen LogP) is 6.20. The molecule has 0 radical (unpaired) electrons. The van der Waals surface area contributed by atoms with E-state index >= 15 is 0 Å². The standard InChI is InChI=1S/C45H59N7O2/c1-44-31-38(32-9-12-34(13-10-32)48(2)3)42-36-16-14-35(53)29-33(36)11-15-37(42)39(44)17-19-45(44,54)18-8-20-49-25-27-51(28-26-49)41-30-40(50-21-4-5-22-50)46-43(47-41)52-23-6-7-24-52/h9-10,12-13,29-30,37-39,54H,4-7,11,14-17,19-28,31H2,1-3H3/t37-,38+,39-,44-,45+/m0/s1. The second-order valence-corrected chi connectivity index (χ2v) is 17.7. The lowest BCUT2D eigenvalue weighted by atomic mass is 9.51. The summed E-state index contributed by atoms with van der Waals surface area (Å²) < 4.78 is 0. The molecule has 7 aliphatic rings. The van der Waals surface area contributed by atoms with E-state index in [0.717, 1.165) is 108 Å². The number of fused-ring (bicyclic) bond motifs is 4. The molecule has 0 unspecified atom stereocenters. The minimum atomic E-state index is -1.02. The first-order chi connectivity index (χ1) is 26.2. The Morgan fingerprint density at radius 3 is 2.20 bits per heavy atom. The van der Waals surface area contributed by atoms with Crippen molar-refractivity contribution in [1.29, 1.82) is 0 Å². The van der Waals surface area contributed by atoms with Gasteiger partial charge in [0.05, 0.1) is 6.54 Å². The van der Waals surface area contributed by atoms with Crippen molar-refractivity contribution in [2.24, 2.45) is 17.3 Å². The van der Waals surface area contributed by atoms with Crippen LogP contribution in [0.4, 0.5) is 23.3 Å². The molecule has 5 fully saturated rings. The molecule has 9 rings (SSSR count). The van der Waals surface area contributed by atoms with Gasteiger partial charge < -0.3 is 24.7 Å². The van der Waals surface area contributed by atoms with Crippen molar-refractivity contribution in [3.05, 3.63) is 58.7 Å². The fourth-order valence-electron chi connectivity index (χ4n) is 11.3. The zero-order chi connectivity index (χ0) is 37.0. The molecule has 3 aliphatic heterocycles. The predicted molar refractivity (Wildman–Crippen MR) is 217 cm³/mol. The Hall–Kier alpha value is -3.87. The fourth-order valence-corrected chi connectivity index (χ4v) is 11.3. The number of carbonyl (C=O) groups is 1. The molecular weight excluding hydrogens is 671 g/mol. The van der Waals surface area contributed by atoms with Crippen LogP contribution in [0.5, 0.6) is 0 Å². The minimum Gasteiger partial charge on any atom is -0.378 e. The second kappa shape index (κ2) is 14.3. The molecule has 1 aromatic heterocycles. The zero-order valence-electron chi connectivity index (χ0n) is 32.8. The van der Waals surface area contributed by atoms with Gasteiger partial charge in [-0.15, -0.1) is 0 Å². The number of aromatic nitrogens is 2. The molecule has 9 nitrogen and oxygen atoms in total. The first-order valence-corrected chi connectivity index (χ1v) is 21.0. The lowest BCUT2D eigenvalue weighted by molar-refractivity contribution is -0.114. The molecule has 3 saturated heterocycles. The number of ketones is 1. The lowest BCUT2D eigenvalue weighted by Crippen LogP contribution is -2.51. The smallest absolute Gasteiger partial charge is 0.229 e. The maximum atomic E-state index is 12.6. The van der Waals surface area contributed by atoms with E-state index in [1.165, 1.54) is 48.1 Å². The Kier molecular flexibility index (Phi) is 9.50. The largest absolute Gasteiger partial charge is 0.378 e. The van der Waals surface area contributed by atoms with E-state index in [0.29, 0.717) is 24.8 Å². The molecule has 2 saturated carbocycles. The van der Waals surface area contributed by atoms with Crippen molar-refractivity contribution in [3.63, 3.8) is 0 Å². The van der Waals surface area contributed by atoms with Gasteiger partial charge >= 0.3 is 0 Å². The molecule has 0 amide bonds. The summed E-state index contributed by atoms with van der Waals surface area (Å²) in [5.74, 6) is 11.5. The molecule has 4 heterocycles. The van der Waals surface area contributed by atoms with Crippen LogP contribution in [0.25, 0.3) is 0 Å². The molecule has 0 spiro atoms. The Labute approximate surface area is 322 Å². The quantitative estimate of drug-likeness (QED) is 0.350. The topological polar surface area (TPSA) is 79.3 Å². The third-order valence-electron chi connectivity index (χ3n) is 14.5. The normalized spacial score (nSPS) is 31.2. The monoisotopic (exact) mass is 729 g/mol. The first-order valence-electron chi connectivity index (χ1n) is 21.0. The molecule has 1 aromatic carbocycles. The van der Waals surface area contributed by atoms with E-state index < -0.39 is 5.60 Å². The second-order valence-electron chi connectivity index (χ2n) is 17.7. The van der Waals surface area contributed by atoms with Crippen molar-refractivity contribution in [2.75, 3.05) is 92.6 Å². The average molecular weight is 730 g/mol. The summed E-state index contributed by atoms with van der Waals surface area (Å²) >= 11 is 0. The van der Waals surface area contributed by atoms with E-state index in [2.05, 4.69) is 87.7 Å². The van der Waals surface area contributed by atoms with E-state index in [4.69, 9.17) is 9.97 Å². The van der Waals surface area contributed by atoms with E-state index in [9.17, 15) is 9.90 Å². The lowest BCUT2D eigenvalue weighted by Gasteiger charge is -2.53. The summed E-state index contributed by atoms with van der Waals surface area (Å²) in [6.07, 6.45) is 13.0. The van der Waals surface area contributed by atoms with Crippen LogP contribution >= 0.6 is 0 Å². The van der Waals surface area contributed by atoms with Gasteiger partial charge in [0.1, 0.15) is 17.2 Å². The van der Waals surface area contributed by atoms with Gasteiger partial charge in [0.2, 0.25) is 5.95 Å². The number of benzene rings is 1. The van der Waals surface area contributed by atoms with E-state index in [-0.39, 0.29) is 17.1 Å². The van der Waals surface area contributed by atoms with Crippen LogP contribution in [0.1, 0.15) is 89.0 Å². The SMILES string of the molecule is CN(C)c1ccc([C@H]2C[C@@]3(C)[C@@H](CC[C@]3(O)C#CCN3CCN(c4cc(N5CCCC5)nc(N5CCCC5)n4)CC3)[C@@H]3CCC4=CC(=O)CCC4=C32)cc1. The maximum Gasteiger partial charge on any atom is 0.229 e. The van der Waals surface area contributed by atoms with Crippen molar-refractivity contribution in [3.8, 4) is 11.8 Å². The summed E-state index contributed by atoms with van der Waals surface area (Å²) in [6.45, 7) is 11.0. The third kappa shape index (κ3) is 6.41. The molecule has 4 aliphatic carbocycles. The van der Waals surface area contributed by atoms with Gasteiger partial charge in [-0.3, -0.25) is 9.69 Å². The van der Waals surface area contributed by atoms with Gasteiger partial charge in [0.15, 0.2) is 5.78 Å². The highest BCUT2D eigenvalue weighted by Gasteiger charge is 2.62. The van der Waals surface area contributed by atoms with E-state index in [1.54, 1.807) is 5.57 Å². The highest BCUT2D eigenvalue weighted by Crippen LogP contribution is 2.66. The number of anilines is 4. The number of nitrogens with zero attached hydrogens (tertiary/aromatic N) is 7. The van der Waals surface area contributed by atoms with Gasteiger partial charge in [-0.05, 0) is 111 Å². The highest BCUT2D eigenvalue weighted by molar-refractivity contribution is 5.93. The Morgan fingerprint density at radius 2 is 1.52 bits per heavy atom. The van der Waals surface area contributed by atoms with Gasteiger partial charge in [-0.2, -0.15) is 9.97 Å². The number of carbonyl (C=O) groups excluding carboxylic acids is 1. The molecule has 286 valence electrons. The number of hydrogen-bond donors (Lipinski definition) is 1. The number of hydrogen-bond acceptors (Lipinski definition) is 9. The summed E-state index contributed by atoms with van der Waals surface area (Å²) in [7, 11) is 4.18. The van der Waals surface area contributed by atoms with Gasteiger partial charge in [0.25, 0.3) is 0 Å². The maximum absolute atomic E-state index is 12.6. The van der Waals surface area contributed by atoms with Crippen LogP contribution in [0.15, 0.2) is 53.1 Å². The minimum absolute atomic E-state index is 0.220. The number of allylic oxidation sites excluding steroid dienone is 4. The molecule has 5 atom stereocenters. The van der Waals surface area contributed by atoms with Crippen LogP contribution < -0.4 is 19.6 Å². The number of rotatable bonds is 6. The zero-order valence-corrected chi connectivity index (χ0v) is 32.8. The van der Waals surface area contributed by atoms with Crippen molar-refractivity contribution >= 4 is 29.1 Å². The molecule has 0 bridgehead atoms. The fraction of sp³-hybridized carbons (Fsp3) is 0.622. The van der Waals surface area contributed by atoms with Crippen molar-refractivity contribution in [2.45, 2.75) is 89.1 Å². The van der Waals surface area contributed by atoms with Gasteiger partial charge in [0, 0.05) is 96.0 Å². The van der Waals surface area contributed by atoms with Gasteiger partial charge in [-0.25, -0.2) is 0 Å². The Morgan fingerprint density at radius 1 is 0.852 bits per heavy atom. The molecule has 9 heteroatoms. The molecule has 1 N–H and O–H groups in total. The highest BCUT2D eigenvalue weighted by atomic mass is 16.3. The van der Waals surface area contributed by atoms with Crippen LogP contribution in [-0.2, 0) is 4.79 Å². The van der Waals surface area contributed by atoms with Crippen LogP contribution in [0.2, 0.25) is 0 Å². The molecule has 54 heavy (non-hydrogen) atoms. The van der Waals surface area contributed by atoms with Crippen molar-refractivity contribution in [1.82, 2.24) is 14.9 Å². The molecule has 2 aromatic rings. The summed E-state index contributed by atoms with van der Waals surface area (Å²) in [4.78, 5) is 34.5. The Balaban J connectivity index is 0.925. The third-order valence-corrected chi connectivity index (χ3v) is 14.5. The van der Waals surface area contributed by atoms with Crippen molar-refractivity contribution < 1.29 is 9.90 Å². The number of piperazine rings is 1. The van der Waals surface area contributed by atoms with E-state index in [1.807, 2.05) is 6.08 Å². The summed E-state index contributed by atoms with van der Waals surface area (Å²) in [5.41, 5.74) is 5.50. The summed E-state index contributed by atoms with van der Waals surface area (Å²) in [6, 6.07) is 11.3. The average Bonchev–Trinajstić information content (AvgIpc) is 3.97. The summed E-state index contributed by atoms with van der Waals surface area (Å²) in [5, 5.41) is 12.6. The Bertz CT molecular complexity index is 1840. The van der Waals surface area contributed by atoms with Crippen LogP contribution in [0.3, 0.4) is 0 Å². The van der Waals surface area contributed by atoms with Crippen LogP contribution in [-0.4, -0.2) is 104 Å².